The molecule has 0 atom stereocenters. The topological polar surface area (TPSA) is 41.6 Å². The van der Waals surface area contributed by atoms with E-state index in [-0.39, 0.29) is 12.5 Å². The van der Waals surface area contributed by atoms with Crippen LogP contribution in [-0.2, 0) is 4.79 Å². The van der Waals surface area contributed by atoms with Gasteiger partial charge in [-0.15, -0.1) is 0 Å². The molecule has 0 aromatic heterocycles. The van der Waals surface area contributed by atoms with Crippen LogP contribution in [-0.4, -0.2) is 37.6 Å². The molecule has 5 heteroatoms. The van der Waals surface area contributed by atoms with Crippen LogP contribution in [0.2, 0.25) is 0 Å². The summed E-state index contributed by atoms with van der Waals surface area (Å²) < 4.78 is 5.18. The highest BCUT2D eigenvalue weighted by Crippen LogP contribution is 2.22. The van der Waals surface area contributed by atoms with E-state index in [0.717, 1.165) is 6.54 Å². The summed E-state index contributed by atoms with van der Waals surface area (Å²) in [5, 5.41) is 3.34. The van der Waals surface area contributed by atoms with E-state index >= 15 is 0 Å². The molecule has 1 N–H and O–H groups in total. The molecule has 1 aromatic rings. The van der Waals surface area contributed by atoms with Gasteiger partial charge in [0.1, 0.15) is 5.75 Å². The summed E-state index contributed by atoms with van der Waals surface area (Å²) in [5.74, 6) is 0.532. The number of hydrogen-bond acceptors (Lipinski definition) is 3. The summed E-state index contributed by atoms with van der Waals surface area (Å²) in [6, 6.07) is 7.29. The Morgan fingerprint density at radius 1 is 1.42 bits per heavy atom. The number of ether oxygens (including phenoxy) is 1. The quantitative estimate of drug-likeness (QED) is 0.836. The molecule has 0 fully saturated rings. The van der Waals surface area contributed by atoms with Gasteiger partial charge in [0.15, 0.2) is 0 Å². The lowest BCUT2D eigenvalue weighted by molar-refractivity contribution is -0.117. The molecule has 0 spiro atoms. The molecule has 0 unspecified atom stereocenters. The third-order valence-electron chi connectivity index (χ3n) is 2.59. The maximum Gasteiger partial charge on any atom is 0.238 e. The average molecular weight is 283 g/mol. The van der Waals surface area contributed by atoms with E-state index in [0.29, 0.717) is 23.0 Å². The van der Waals surface area contributed by atoms with Crippen molar-refractivity contribution in [2.45, 2.75) is 6.92 Å². The van der Waals surface area contributed by atoms with Crippen LogP contribution in [0.1, 0.15) is 6.92 Å². The molecule has 0 radical (unpaired) electrons. The third-order valence-corrected chi connectivity index (χ3v) is 2.71. The van der Waals surface area contributed by atoms with Crippen molar-refractivity contribution in [3.63, 3.8) is 0 Å². The fourth-order valence-corrected chi connectivity index (χ4v) is 1.83. The lowest BCUT2D eigenvalue weighted by atomic mass is 10.3. The monoisotopic (exact) mass is 282 g/mol. The Kier molecular flexibility index (Phi) is 6.39. The van der Waals surface area contributed by atoms with Gasteiger partial charge >= 0.3 is 0 Å². The van der Waals surface area contributed by atoms with Gasteiger partial charge in [-0.1, -0.05) is 37.2 Å². The Hall–Kier alpha value is -1.52. The number of nitrogens with zero attached hydrogens (tertiary/aromatic N) is 1. The summed E-state index contributed by atoms with van der Waals surface area (Å²) in [5.41, 5.74) is 0.663. The molecule has 0 bridgehead atoms. The van der Waals surface area contributed by atoms with Crippen LogP contribution >= 0.6 is 11.6 Å². The second-order valence-electron chi connectivity index (χ2n) is 4.07. The van der Waals surface area contributed by atoms with Gasteiger partial charge in [-0.25, -0.2) is 0 Å². The molecule has 0 aliphatic heterocycles. The van der Waals surface area contributed by atoms with Crippen molar-refractivity contribution in [1.82, 2.24) is 4.90 Å². The van der Waals surface area contributed by atoms with Crippen LogP contribution in [0.15, 0.2) is 35.9 Å². The summed E-state index contributed by atoms with van der Waals surface area (Å²) >= 11 is 5.75. The third kappa shape index (κ3) is 5.32. The van der Waals surface area contributed by atoms with Crippen molar-refractivity contribution in [1.29, 1.82) is 0 Å². The smallest absolute Gasteiger partial charge is 0.238 e. The van der Waals surface area contributed by atoms with Gasteiger partial charge in [-0.3, -0.25) is 9.69 Å². The standard InChI is InChI=1S/C14H19ClN2O2/c1-4-17(9-11(2)15)10-14(18)16-12-7-5-6-8-13(12)19-3/h5-8H,2,4,9-10H2,1,3H3,(H,16,18). The lowest BCUT2D eigenvalue weighted by Crippen LogP contribution is -2.34. The number of rotatable bonds is 7. The van der Waals surface area contributed by atoms with Crippen LogP contribution in [0, 0.1) is 0 Å². The zero-order valence-electron chi connectivity index (χ0n) is 11.3. The van der Waals surface area contributed by atoms with Gasteiger partial charge < -0.3 is 10.1 Å². The van der Waals surface area contributed by atoms with Crippen molar-refractivity contribution < 1.29 is 9.53 Å². The minimum Gasteiger partial charge on any atom is -0.495 e. The number of carbonyl (C=O) groups is 1. The number of halogens is 1. The number of anilines is 1. The molecule has 19 heavy (non-hydrogen) atoms. The highest BCUT2D eigenvalue weighted by Gasteiger charge is 2.11. The molecular formula is C14H19ClN2O2. The van der Waals surface area contributed by atoms with Gasteiger partial charge in [-0.2, -0.15) is 0 Å². The van der Waals surface area contributed by atoms with Gasteiger partial charge in [0.25, 0.3) is 0 Å². The Bertz CT molecular complexity index is 449. The first kappa shape index (κ1) is 15.5. The van der Waals surface area contributed by atoms with Crippen LogP contribution in [0.5, 0.6) is 5.75 Å². The predicted molar refractivity (Wildman–Crippen MR) is 78.7 cm³/mol. The molecule has 0 saturated carbocycles. The number of likely N-dealkylation sites (N-methyl/N-ethyl adjacent to an activating group) is 1. The molecule has 0 saturated heterocycles. The van der Waals surface area contributed by atoms with Crippen LogP contribution in [0.4, 0.5) is 5.69 Å². The number of hydrogen-bond donors (Lipinski definition) is 1. The van der Waals surface area contributed by atoms with Gasteiger partial charge in [0, 0.05) is 11.6 Å². The molecule has 1 amide bonds. The van der Waals surface area contributed by atoms with Crippen LogP contribution < -0.4 is 10.1 Å². The van der Waals surface area contributed by atoms with E-state index in [9.17, 15) is 4.79 Å². The van der Waals surface area contributed by atoms with E-state index in [4.69, 9.17) is 16.3 Å². The highest BCUT2D eigenvalue weighted by molar-refractivity contribution is 6.29. The van der Waals surface area contributed by atoms with E-state index in [1.54, 1.807) is 19.2 Å². The van der Waals surface area contributed by atoms with Gasteiger partial charge in [0.2, 0.25) is 5.91 Å². The second kappa shape index (κ2) is 7.81. The van der Waals surface area contributed by atoms with Crippen molar-refractivity contribution in [3.05, 3.63) is 35.9 Å². The van der Waals surface area contributed by atoms with Crippen molar-refractivity contribution in [2.75, 3.05) is 32.1 Å². The molecule has 1 aromatic carbocycles. The summed E-state index contributed by atoms with van der Waals surface area (Å²) in [7, 11) is 1.57. The fraction of sp³-hybridized carbons (Fsp3) is 0.357. The Morgan fingerprint density at radius 3 is 2.68 bits per heavy atom. The van der Waals surface area contributed by atoms with E-state index in [1.807, 2.05) is 24.0 Å². The van der Waals surface area contributed by atoms with Crippen molar-refractivity contribution >= 4 is 23.2 Å². The number of amides is 1. The molecule has 4 nitrogen and oxygen atoms in total. The molecule has 104 valence electrons. The molecule has 0 aliphatic rings. The largest absolute Gasteiger partial charge is 0.495 e. The van der Waals surface area contributed by atoms with Crippen molar-refractivity contribution in [3.8, 4) is 5.75 Å². The minimum absolute atomic E-state index is 0.107. The van der Waals surface area contributed by atoms with E-state index in [1.165, 1.54) is 0 Å². The Morgan fingerprint density at radius 2 is 2.11 bits per heavy atom. The van der Waals surface area contributed by atoms with Crippen LogP contribution in [0.3, 0.4) is 0 Å². The zero-order chi connectivity index (χ0) is 14.3. The van der Waals surface area contributed by atoms with Gasteiger partial charge in [-0.05, 0) is 18.7 Å². The maximum atomic E-state index is 12.0. The first-order valence-corrected chi connectivity index (χ1v) is 6.43. The number of benzene rings is 1. The molecule has 0 heterocycles. The molecular weight excluding hydrogens is 264 g/mol. The normalized spacial score (nSPS) is 10.3. The Labute approximate surface area is 119 Å². The molecule has 1 rings (SSSR count). The summed E-state index contributed by atoms with van der Waals surface area (Å²) in [6.45, 7) is 7.09. The maximum absolute atomic E-state index is 12.0. The minimum atomic E-state index is -0.107. The van der Waals surface area contributed by atoms with E-state index < -0.39 is 0 Å². The first-order valence-electron chi connectivity index (χ1n) is 6.05. The fourth-order valence-electron chi connectivity index (χ4n) is 1.66. The first-order chi connectivity index (χ1) is 9.06. The summed E-state index contributed by atoms with van der Waals surface area (Å²) in [6.07, 6.45) is 0. The Balaban J connectivity index is 2.61. The lowest BCUT2D eigenvalue weighted by Gasteiger charge is -2.19. The van der Waals surface area contributed by atoms with Crippen LogP contribution in [0.25, 0.3) is 0 Å². The number of methoxy groups -OCH3 is 1. The average Bonchev–Trinajstić information content (AvgIpc) is 2.38. The predicted octanol–water partition coefficient (Wildman–Crippen LogP) is 2.71. The zero-order valence-corrected chi connectivity index (χ0v) is 12.0. The summed E-state index contributed by atoms with van der Waals surface area (Å²) in [4.78, 5) is 13.9. The number of nitrogens with one attached hydrogen (secondary N) is 1. The number of carbonyl (C=O) groups excluding carboxylic acids is 1. The van der Waals surface area contributed by atoms with Crippen molar-refractivity contribution in [2.24, 2.45) is 0 Å². The second-order valence-corrected chi connectivity index (χ2v) is 4.60. The number of para-hydroxylation sites is 2. The molecule has 0 aliphatic carbocycles. The van der Waals surface area contributed by atoms with E-state index in [2.05, 4.69) is 11.9 Å². The highest BCUT2D eigenvalue weighted by atomic mass is 35.5. The SMILES string of the molecule is C=C(Cl)CN(CC)CC(=O)Nc1ccccc1OC. The van der Waals surface area contributed by atoms with Gasteiger partial charge in [0.05, 0.1) is 19.3 Å².